The molecule has 1 aliphatic rings. The highest BCUT2D eigenvalue weighted by Crippen LogP contribution is 2.36. The Kier molecular flexibility index (Phi) is 5.99. The number of aromatic amines is 1. The molecule has 0 aliphatic carbocycles. The van der Waals surface area contributed by atoms with E-state index in [-0.39, 0.29) is 31.5 Å². The number of halogens is 1. The van der Waals surface area contributed by atoms with Gasteiger partial charge in [0.15, 0.2) is 0 Å². The molecule has 8 heteroatoms. The minimum atomic E-state index is -0.461. The van der Waals surface area contributed by atoms with E-state index in [4.69, 9.17) is 0 Å². The third-order valence-electron chi connectivity index (χ3n) is 5.66. The lowest BCUT2D eigenvalue weighted by atomic mass is 10.0. The summed E-state index contributed by atoms with van der Waals surface area (Å²) in [7, 11) is 1.29. The Hall–Kier alpha value is -2.88. The van der Waals surface area contributed by atoms with E-state index in [1.165, 1.54) is 7.11 Å². The number of hydrogen-bond donors (Lipinski definition) is 1. The largest absolute Gasteiger partial charge is 0.469 e. The number of benzene rings is 2. The standard InChI is InChI=1S/C23H22IN3O4/c1-14(18-12-25-19-6-4-3-5-16(18)19)27-13-21(28)26(10-9-22(29)31-2)23(30)17-11-15(24)7-8-20(17)27/h3-8,11-12,14,25H,9-10,13H2,1-2H3. The van der Waals surface area contributed by atoms with E-state index in [0.29, 0.717) is 11.3 Å². The topological polar surface area (TPSA) is 82.7 Å². The molecule has 0 spiro atoms. The van der Waals surface area contributed by atoms with E-state index < -0.39 is 11.9 Å². The van der Waals surface area contributed by atoms with Gasteiger partial charge in [-0.1, -0.05) is 18.2 Å². The average molecular weight is 531 g/mol. The summed E-state index contributed by atoms with van der Waals surface area (Å²) in [5.41, 5.74) is 3.22. The lowest BCUT2D eigenvalue weighted by Crippen LogP contribution is -2.42. The Labute approximate surface area is 193 Å². The van der Waals surface area contributed by atoms with Gasteiger partial charge in [0.1, 0.15) is 0 Å². The number of esters is 1. The molecule has 1 aliphatic heterocycles. The maximum atomic E-state index is 13.3. The Morgan fingerprint density at radius 1 is 1.23 bits per heavy atom. The van der Waals surface area contributed by atoms with Gasteiger partial charge in [0.05, 0.1) is 37.4 Å². The maximum Gasteiger partial charge on any atom is 0.307 e. The highest BCUT2D eigenvalue weighted by molar-refractivity contribution is 14.1. The molecule has 1 unspecified atom stereocenters. The second-order valence-electron chi connectivity index (χ2n) is 7.43. The smallest absolute Gasteiger partial charge is 0.307 e. The van der Waals surface area contributed by atoms with E-state index in [1.807, 2.05) is 54.4 Å². The van der Waals surface area contributed by atoms with Gasteiger partial charge in [0, 0.05) is 27.2 Å². The van der Waals surface area contributed by atoms with Crippen molar-refractivity contribution in [1.82, 2.24) is 9.88 Å². The molecule has 160 valence electrons. The van der Waals surface area contributed by atoms with Gasteiger partial charge in [0.25, 0.3) is 5.91 Å². The summed E-state index contributed by atoms with van der Waals surface area (Å²) in [6, 6.07) is 13.4. The lowest BCUT2D eigenvalue weighted by Gasteiger charge is -2.30. The summed E-state index contributed by atoms with van der Waals surface area (Å²) < 4.78 is 5.57. The summed E-state index contributed by atoms with van der Waals surface area (Å²) in [6.45, 7) is 2.05. The van der Waals surface area contributed by atoms with Gasteiger partial charge in [-0.05, 0) is 59.3 Å². The van der Waals surface area contributed by atoms with Gasteiger partial charge in [-0.2, -0.15) is 0 Å². The van der Waals surface area contributed by atoms with Crippen LogP contribution in [0.25, 0.3) is 10.9 Å². The van der Waals surface area contributed by atoms with Gasteiger partial charge in [-0.3, -0.25) is 19.3 Å². The molecule has 0 fully saturated rings. The molecule has 31 heavy (non-hydrogen) atoms. The molecule has 0 saturated heterocycles. The predicted octanol–water partition coefficient (Wildman–Crippen LogP) is 3.89. The zero-order chi connectivity index (χ0) is 22.1. The number of aromatic nitrogens is 1. The molecule has 0 radical (unpaired) electrons. The fourth-order valence-electron chi connectivity index (χ4n) is 3.99. The third-order valence-corrected chi connectivity index (χ3v) is 6.33. The van der Waals surface area contributed by atoms with Crippen molar-refractivity contribution in [1.29, 1.82) is 0 Å². The SMILES string of the molecule is COC(=O)CCN1C(=O)CN(C(C)c2c[nH]c3ccccc23)c2ccc(I)cc2C1=O. The van der Waals surface area contributed by atoms with E-state index in [2.05, 4.69) is 32.3 Å². The Morgan fingerprint density at radius 2 is 2.00 bits per heavy atom. The molecule has 2 amide bonds. The van der Waals surface area contributed by atoms with E-state index in [9.17, 15) is 14.4 Å². The second kappa shape index (κ2) is 8.70. The average Bonchev–Trinajstić information content (AvgIpc) is 3.17. The summed E-state index contributed by atoms with van der Waals surface area (Å²) >= 11 is 2.15. The summed E-state index contributed by atoms with van der Waals surface area (Å²) in [6.07, 6.45) is 1.92. The quantitative estimate of drug-likeness (QED) is 0.307. The number of anilines is 1. The maximum absolute atomic E-state index is 13.3. The van der Waals surface area contributed by atoms with Crippen molar-refractivity contribution >= 4 is 57.0 Å². The van der Waals surface area contributed by atoms with Crippen LogP contribution in [0.2, 0.25) is 0 Å². The second-order valence-corrected chi connectivity index (χ2v) is 8.68. The number of carbonyl (C=O) groups is 3. The van der Waals surface area contributed by atoms with Crippen LogP contribution in [0.3, 0.4) is 0 Å². The number of carbonyl (C=O) groups excluding carboxylic acids is 3. The van der Waals surface area contributed by atoms with Crippen LogP contribution in [0.15, 0.2) is 48.7 Å². The number of methoxy groups -OCH3 is 1. The number of nitrogens with zero attached hydrogens (tertiary/aromatic N) is 2. The number of fused-ring (bicyclic) bond motifs is 2. The van der Waals surface area contributed by atoms with Crippen LogP contribution in [-0.2, 0) is 14.3 Å². The molecule has 7 nitrogen and oxygen atoms in total. The number of nitrogens with one attached hydrogen (secondary N) is 1. The van der Waals surface area contributed by atoms with Crippen molar-refractivity contribution in [3.8, 4) is 0 Å². The first-order chi connectivity index (χ1) is 14.9. The van der Waals surface area contributed by atoms with Gasteiger partial charge in [-0.15, -0.1) is 0 Å². The zero-order valence-corrected chi connectivity index (χ0v) is 19.4. The zero-order valence-electron chi connectivity index (χ0n) is 17.2. The number of ether oxygens (including phenoxy) is 1. The number of para-hydroxylation sites is 1. The van der Waals surface area contributed by atoms with Crippen LogP contribution in [0.4, 0.5) is 5.69 Å². The predicted molar refractivity (Wildman–Crippen MR) is 126 cm³/mol. The van der Waals surface area contributed by atoms with Crippen LogP contribution in [0, 0.1) is 3.57 Å². The van der Waals surface area contributed by atoms with Crippen LogP contribution in [0.5, 0.6) is 0 Å². The molecule has 2 aromatic carbocycles. The number of rotatable bonds is 5. The fraction of sp³-hybridized carbons (Fsp3) is 0.261. The van der Waals surface area contributed by atoms with Crippen LogP contribution in [-0.4, -0.2) is 47.9 Å². The number of H-pyrrole nitrogens is 1. The van der Waals surface area contributed by atoms with Crippen molar-refractivity contribution in [3.63, 3.8) is 0 Å². The molecule has 3 aromatic rings. The molecule has 2 heterocycles. The summed E-state index contributed by atoms with van der Waals surface area (Å²) in [4.78, 5) is 44.4. The molecule has 4 rings (SSSR count). The van der Waals surface area contributed by atoms with Gasteiger partial charge < -0.3 is 14.6 Å². The molecular weight excluding hydrogens is 509 g/mol. The molecular formula is C23H22IN3O4. The summed E-state index contributed by atoms with van der Waals surface area (Å²) in [5, 5.41) is 1.08. The highest BCUT2D eigenvalue weighted by atomic mass is 127. The van der Waals surface area contributed by atoms with Gasteiger partial charge in [-0.25, -0.2) is 0 Å². The van der Waals surface area contributed by atoms with Gasteiger partial charge >= 0.3 is 5.97 Å². The van der Waals surface area contributed by atoms with Crippen molar-refractivity contribution in [2.45, 2.75) is 19.4 Å². The number of hydrogen-bond acceptors (Lipinski definition) is 5. The molecule has 1 atom stereocenters. The normalized spacial score (nSPS) is 15.1. The highest BCUT2D eigenvalue weighted by Gasteiger charge is 2.35. The van der Waals surface area contributed by atoms with Crippen LogP contribution < -0.4 is 4.90 Å². The molecule has 0 bridgehead atoms. The minimum Gasteiger partial charge on any atom is -0.469 e. The Morgan fingerprint density at radius 3 is 2.77 bits per heavy atom. The van der Waals surface area contributed by atoms with Gasteiger partial charge in [0.2, 0.25) is 5.91 Å². The van der Waals surface area contributed by atoms with Crippen LogP contribution >= 0.6 is 22.6 Å². The van der Waals surface area contributed by atoms with E-state index in [1.54, 1.807) is 6.07 Å². The number of imide groups is 1. The minimum absolute atomic E-state index is 0.00937. The Bertz CT molecular complexity index is 1170. The van der Waals surface area contributed by atoms with Crippen molar-refractivity contribution in [2.75, 3.05) is 25.1 Å². The van der Waals surface area contributed by atoms with Crippen LogP contribution in [0.1, 0.15) is 35.3 Å². The monoisotopic (exact) mass is 531 g/mol. The van der Waals surface area contributed by atoms with Crippen molar-refractivity contribution < 1.29 is 19.1 Å². The fourth-order valence-corrected chi connectivity index (χ4v) is 4.48. The van der Waals surface area contributed by atoms with E-state index in [0.717, 1.165) is 24.9 Å². The molecule has 0 saturated carbocycles. The first-order valence-corrected chi connectivity index (χ1v) is 11.0. The first kappa shape index (κ1) is 21.4. The van der Waals surface area contributed by atoms with E-state index >= 15 is 0 Å². The molecule has 1 N–H and O–H groups in total. The first-order valence-electron chi connectivity index (χ1n) is 9.94. The molecule has 1 aromatic heterocycles. The van der Waals surface area contributed by atoms with Crippen molar-refractivity contribution in [2.24, 2.45) is 0 Å². The number of amides is 2. The van der Waals surface area contributed by atoms with Crippen molar-refractivity contribution in [3.05, 3.63) is 63.4 Å². The summed E-state index contributed by atoms with van der Waals surface area (Å²) in [5.74, 6) is -1.19. The lowest BCUT2D eigenvalue weighted by molar-refractivity contribution is -0.141. The third kappa shape index (κ3) is 4.04. The Balaban J connectivity index is 1.75.